The first-order chi connectivity index (χ1) is 16.6. The van der Waals surface area contributed by atoms with Crippen molar-refractivity contribution in [1.29, 1.82) is 0 Å². The molecule has 10 heteroatoms. The van der Waals surface area contributed by atoms with E-state index < -0.39 is 11.9 Å². The molecule has 5 rings (SSSR count). The molecule has 0 fully saturated rings. The summed E-state index contributed by atoms with van der Waals surface area (Å²) < 4.78 is 7.87. The minimum Gasteiger partial charge on any atom is -0.505 e. The van der Waals surface area contributed by atoms with Crippen LogP contribution < -0.4 is 5.32 Å². The standard InChI is InChI=1S/C24H20N6O4/c1-2-34-20(31)12-25-24(33)21-22(32)18-9-8-15(10-19(18)23-26-14-28-30(21)23)16-11-27-29(13-16)17-6-4-3-5-7-17/h3-11,13-14,32H,2,12H2,1H3,(H,25,33). The fraction of sp³-hybridized carbons (Fsp3) is 0.125. The Morgan fingerprint density at radius 2 is 1.88 bits per heavy atom. The quantitative estimate of drug-likeness (QED) is 0.377. The number of aromatic hydroxyl groups is 1. The van der Waals surface area contributed by atoms with Gasteiger partial charge in [0.2, 0.25) is 0 Å². The smallest absolute Gasteiger partial charge is 0.325 e. The van der Waals surface area contributed by atoms with Gasteiger partial charge in [-0.3, -0.25) is 9.59 Å². The van der Waals surface area contributed by atoms with Gasteiger partial charge in [-0.05, 0) is 36.8 Å². The topological polar surface area (TPSA) is 124 Å². The normalized spacial score (nSPS) is 11.1. The van der Waals surface area contributed by atoms with E-state index in [1.54, 1.807) is 23.9 Å². The Kier molecular flexibility index (Phi) is 5.38. The highest BCUT2D eigenvalue weighted by Crippen LogP contribution is 2.34. The molecule has 0 aliphatic carbocycles. The summed E-state index contributed by atoms with van der Waals surface area (Å²) in [4.78, 5) is 28.7. The molecule has 1 amide bonds. The summed E-state index contributed by atoms with van der Waals surface area (Å²) in [5, 5.41) is 23.0. The van der Waals surface area contributed by atoms with Crippen LogP contribution in [0.5, 0.6) is 5.75 Å². The zero-order valence-electron chi connectivity index (χ0n) is 18.2. The van der Waals surface area contributed by atoms with Crippen LogP contribution in [-0.2, 0) is 9.53 Å². The molecule has 5 aromatic rings. The molecule has 0 bridgehead atoms. The van der Waals surface area contributed by atoms with Gasteiger partial charge in [0.05, 0.1) is 18.5 Å². The summed E-state index contributed by atoms with van der Waals surface area (Å²) in [5.74, 6) is -1.51. The molecule has 0 unspecified atom stereocenters. The number of aromatic nitrogens is 5. The second-order valence-electron chi connectivity index (χ2n) is 7.45. The Labute approximate surface area is 193 Å². The van der Waals surface area contributed by atoms with Crippen LogP contribution in [0.4, 0.5) is 0 Å². The van der Waals surface area contributed by atoms with Crippen LogP contribution in [0.1, 0.15) is 17.4 Å². The monoisotopic (exact) mass is 456 g/mol. The summed E-state index contributed by atoms with van der Waals surface area (Å²) in [5.41, 5.74) is 2.95. The maximum atomic E-state index is 12.8. The minimum atomic E-state index is -0.670. The van der Waals surface area contributed by atoms with E-state index in [-0.39, 0.29) is 24.6 Å². The lowest BCUT2D eigenvalue weighted by Gasteiger charge is -2.12. The first kappa shape index (κ1) is 21.1. The average Bonchev–Trinajstić information content (AvgIpc) is 3.54. The van der Waals surface area contributed by atoms with Crippen LogP contribution in [0.2, 0.25) is 0 Å². The number of hydrogen-bond acceptors (Lipinski definition) is 7. The number of hydrogen-bond donors (Lipinski definition) is 2. The van der Waals surface area contributed by atoms with Crippen molar-refractivity contribution in [2.24, 2.45) is 0 Å². The van der Waals surface area contributed by atoms with Crippen molar-refractivity contribution in [3.8, 4) is 22.6 Å². The third-order valence-corrected chi connectivity index (χ3v) is 5.35. The molecule has 2 N–H and O–H groups in total. The number of carbonyl (C=O) groups excluding carboxylic acids is 2. The zero-order valence-corrected chi connectivity index (χ0v) is 18.2. The lowest BCUT2D eigenvalue weighted by atomic mass is 10.0. The van der Waals surface area contributed by atoms with Crippen molar-refractivity contribution >= 4 is 28.3 Å². The van der Waals surface area contributed by atoms with Gasteiger partial charge >= 0.3 is 5.97 Å². The second-order valence-corrected chi connectivity index (χ2v) is 7.45. The second kappa shape index (κ2) is 8.66. The van der Waals surface area contributed by atoms with E-state index in [2.05, 4.69) is 20.5 Å². The highest BCUT2D eigenvalue weighted by molar-refractivity contribution is 6.07. The van der Waals surface area contributed by atoms with Gasteiger partial charge in [-0.2, -0.15) is 10.2 Å². The van der Waals surface area contributed by atoms with Gasteiger partial charge in [0.25, 0.3) is 5.91 Å². The van der Waals surface area contributed by atoms with Crippen molar-refractivity contribution < 1.29 is 19.4 Å². The summed E-state index contributed by atoms with van der Waals surface area (Å²) in [7, 11) is 0. The molecule has 3 aromatic heterocycles. The molecule has 0 aliphatic rings. The molecule has 34 heavy (non-hydrogen) atoms. The van der Waals surface area contributed by atoms with Gasteiger partial charge in [-0.15, -0.1) is 0 Å². The molecule has 0 radical (unpaired) electrons. The lowest BCUT2D eigenvalue weighted by Crippen LogP contribution is -2.32. The first-order valence-electron chi connectivity index (χ1n) is 10.6. The highest BCUT2D eigenvalue weighted by atomic mass is 16.5. The molecule has 0 spiro atoms. The number of fused-ring (bicyclic) bond motifs is 3. The molecule has 170 valence electrons. The molecular weight excluding hydrogens is 436 g/mol. The highest BCUT2D eigenvalue weighted by Gasteiger charge is 2.22. The van der Waals surface area contributed by atoms with Crippen LogP contribution in [0.15, 0.2) is 67.3 Å². The van der Waals surface area contributed by atoms with Gasteiger partial charge in [0, 0.05) is 22.5 Å². The van der Waals surface area contributed by atoms with Gasteiger partial charge in [0.1, 0.15) is 12.9 Å². The average molecular weight is 456 g/mol. The lowest BCUT2D eigenvalue weighted by molar-refractivity contribution is -0.141. The van der Waals surface area contributed by atoms with Crippen LogP contribution >= 0.6 is 0 Å². The van der Waals surface area contributed by atoms with E-state index in [0.29, 0.717) is 16.4 Å². The van der Waals surface area contributed by atoms with Crippen molar-refractivity contribution in [3.05, 3.63) is 72.9 Å². The Balaban J connectivity index is 1.54. The predicted octanol–water partition coefficient (Wildman–Crippen LogP) is 2.73. The number of nitrogens with one attached hydrogen (secondary N) is 1. The van der Waals surface area contributed by atoms with Crippen molar-refractivity contribution in [2.45, 2.75) is 6.92 Å². The number of benzene rings is 2. The van der Waals surface area contributed by atoms with E-state index in [1.165, 1.54) is 10.8 Å². The molecule has 10 nitrogen and oxygen atoms in total. The van der Waals surface area contributed by atoms with E-state index >= 15 is 0 Å². The number of amides is 1. The number of rotatable bonds is 6. The number of carbonyl (C=O) groups is 2. The summed E-state index contributed by atoms with van der Waals surface area (Å²) in [6.45, 7) is 1.55. The fourth-order valence-corrected chi connectivity index (χ4v) is 3.78. The van der Waals surface area contributed by atoms with Gasteiger partial charge in [0.15, 0.2) is 17.1 Å². The Bertz CT molecular complexity index is 1520. The third kappa shape index (κ3) is 3.71. The van der Waals surface area contributed by atoms with E-state index in [0.717, 1.165) is 16.8 Å². The minimum absolute atomic E-state index is 0.117. The molecule has 0 saturated carbocycles. The van der Waals surface area contributed by atoms with Gasteiger partial charge in [-0.1, -0.05) is 24.3 Å². The van der Waals surface area contributed by atoms with Gasteiger partial charge in [-0.25, -0.2) is 14.2 Å². The van der Waals surface area contributed by atoms with Crippen LogP contribution in [0, 0.1) is 0 Å². The van der Waals surface area contributed by atoms with Crippen molar-refractivity contribution in [3.63, 3.8) is 0 Å². The van der Waals surface area contributed by atoms with Crippen LogP contribution in [0.25, 0.3) is 33.2 Å². The molecule has 0 aliphatic heterocycles. The molecular formula is C24H20N6O4. The Morgan fingerprint density at radius 1 is 1.06 bits per heavy atom. The zero-order chi connectivity index (χ0) is 23.7. The molecule has 3 heterocycles. The number of pyridine rings is 1. The van der Waals surface area contributed by atoms with E-state index in [1.807, 2.05) is 48.7 Å². The van der Waals surface area contributed by atoms with Crippen LogP contribution in [0.3, 0.4) is 0 Å². The summed E-state index contributed by atoms with van der Waals surface area (Å²) >= 11 is 0. The van der Waals surface area contributed by atoms with E-state index in [9.17, 15) is 14.7 Å². The van der Waals surface area contributed by atoms with E-state index in [4.69, 9.17) is 4.74 Å². The predicted molar refractivity (Wildman–Crippen MR) is 124 cm³/mol. The first-order valence-corrected chi connectivity index (χ1v) is 10.6. The maximum absolute atomic E-state index is 12.8. The van der Waals surface area contributed by atoms with Crippen molar-refractivity contribution in [1.82, 2.24) is 29.7 Å². The van der Waals surface area contributed by atoms with Crippen molar-refractivity contribution in [2.75, 3.05) is 13.2 Å². The largest absolute Gasteiger partial charge is 0.505 e. The summed E-state index contributed by atoms with van der Waals surface area (Å²) in [6, 6.07) is 15.2. The number of nitrogens with zero attached hydrogens (tertiary/aromatic N) is 5. The number of esters is 1. The maximum Gasteiger partial charge on any atom is 0.325 e. The van der Waals surface area contributed by atoms with Crippen LogP contribution in [-0.4, -0.2) is 54.5 Å². The molecule has 2 aromatic carbocycles. The molecule has 0 atom stereocenters. The third-order valence-electron chi connectivity index (χ3n) is 5.35. The number of ether oxygens (including phenoxy) is 1. The molecule has 0 saturated heterocycles. The fourth-order valence-electron chi connectivity index (χ4n) is 3.78. The van der Waals surface area contributed by atoms with Gasteiger partial charge < -0.3 is 15.2 Å². The Morgan fingerprint density at radius 3 is 2.68 bits per heavy atom. The Hall–Kier alpha value is -4.73. The summed E-state index contributed by atoms with van der Waals surface area (Å²) in [6.07, 6.45) is 4.97. The SMILES string of the molecule is CCOC(=O)CNC(=O)c1c(O)c2ccc(-c3cnn(-c4ccccc4)c3)cc2c2ncnn12. The number of para-hydroxylation sites is 1.